The van der Waals surface area contributed by atoms with Gasteiger partial charge in [0.1, 0.15) is 17.7 Å². The van der Waals surface area contributed by atoms with Gasteiger partial charge < -0.3 is 10.6 Å². The minimum atomic E-state index is -4.52. The number of amides is 1. The maximum Gasteiger partial charge on any atom is 0.405 e. The fourth-order valence-corrected chi connectivity index (χ4v) is 2.42. The third kappa shape index (κ3) is 4.87. The molecule has 1 amide bonds. The number of rotatable bonds is 4. The minimum absolute atomic E-state index is 0.203. The molecule has 1 aliphatic heterocycles. The molecule has 1 heterocycles. The van der Waals surface area contributed by atoms with Gasteiger partial charge in [0.15, 0.2) is 0 Å². The summed E-state index contributed by atoms with van der Waals surface area (Å²) in [7, 11) is 0. The van der Waals surface area contributed by atoms with Gasteiger partial charge in [-0.25, -0.2) is 8.78 Å². The molecule has 1 saturated heterocycles. The molecule has 1 aromatic rings. The van der Waals surface area contributed by atoms with Gasteiger partial charge >= 0.3 is 6.18 Å². The molecule has 0 aliphatic carbocycles. The summed E-state index contributed by atoms with van der Waals surface area (Å²) in [6.07, 6.45) is -4.52. The van der Waals surface area contributed by atoms with Crippen LogP contribution in [0.5, 0.6) is 0 Å². The van der Waals surface area contributed by atoms with E-state index in [-0.39, 0.29) is 18.7 Å². The topological polar surface area (TPSA) is 44.4 Å². The molecule has 4 nitrogen and oxygen atoms in total. The summed E-state index contributed by atoms with van der Waals surface area (Å²) < 4.78 is 65.6. The summed E-state index contributed by atoms with van der Waals surface area (Å²) in [5.41, 5.74) is -0.358. The van der Waals surface area contributed by atoms with Crippen molar-refractivity contribution in [1.29, 1.82) is 0 Å². The van der Waals surface area contributed by atoms with E-state index in [1.165, 1.54) is 4.90 Å². The van der Waals surface area contributed by atoms with Crippen molar-refractivity contribution in [3.05, 3.63) is 35.4 Å². The number of alkyl halides is 3. The van der Waals surface area contributed by atoms with Crippen molar-refractivity contribution in [2.75, 3.05) is 32.7 Å². The lowest BCUT2D eigenvalue weighted by molar-refractivity contribution is -0.183. The summed E-state index contributed by atoms with van der Waals surface area (Å²) in [4.78, 5) is 13.0. The Labute approximate surface area is 129 Å². The van der Waals surface area contributed by atoms with E-state index in [1.54, 1.807) is 0 Å². The zero-order chi connectivity index (χ0) is 17.0. The zero-order valence-electron chi connectivity index (χ0n) is 12.1. The van der Waals surface area contributed by atoms with Gasteiger partial charge in [-0.2, -0.15) is 13.2 Å². The summed E-state index contributed by atoms with van der Waals surface area (Å²) in [6.45, 7) is 0.578. The van der Waals surface area contributed by atoms with E-state index in [4.69, 9.17) is 0 Å². The number of benzene rings is 1. The minimum Gasteiger partial charge on any atom is -0.350 e. The van der Waals surface area contributed by atoms with Crippen LogP contribution < -0.4 is 10.6 Å². The second-order valence-electron chi connectivity index (χ2n) is 5.21. The summed E-state index contributed by atoms with van der Waals surface area (Å²) in [5, 5.41) is 5.05. The van der Waals surface area contributed by atoms with Gasteiger partial charge in [0, 0.05) is 44.4 Å². The Morgan fingerprint density at radius 2 is 1.74 bits per heavy atom. The first kappa shape index (κ1) is 17.6. The van der Waals surface area contributed by atoms with Gasteiger partial charge in [0.2, 0.25) is 0 Å². The third-order valence-corrected chi connectivity index (χ3v) is 3.55. The maximum absolute atomic E-state index is 13.2. The average Bonchev–Trinajstić information content (AvgIpc) is 2.46. The molecule has 128 valence electrons. The highest BCUT2D eigenvalue weighted by molar-refractivity contribution is 5.94. The molecule has 2 rings (SSSR count). The average molecular weight is 337 g/mol. The molecule has 0 aromatic heterocycles. The van der Waals surface area contributed by atoms with E-state index in [1.807, 2.05) is 0 Å². The highest BCUT2D eigenvalue weighted by Gasteiger charge is 2.43. The predicted octanol–water partition coefficient (Wildman–Crippen LogP) is 1.53. The molecule has 9 heteroatoms. The molecule has 23 heavy (non-hydrogen) atoms. The van der Waals surface area contributed by atoms with E-state index in [0.717, 1.165) is 12.1 Å². The van der Waals surface area contributed by atoms with Crippen LogP contribution >= 0.6 is 0 Å². The first-order chi connectivity index (χ1) is 10.8. The fourth-order valence-electron chi connectivity index (χ4n) is 2.42. The van der Waals surface area contributed by atoms with Crippen molar-refractivity contribution in [1.82, 2.24) is 15.5 Å². The van der Waals surface area contributed by atoms with Gasteiger partial charge in [-0.1, -0.05) is 0 Å². The SMILES string of the molecule is O=C(NCC(N1CCNCC1)C(F)(F)F)c1cc(F)cc(F)c1. The second-order valence-corrected chi connectivity index (χ2v) is 5.21. The molecular formula is C14H16F5N3O. The van der Waals surface area contributed by atoms with Crippen LogP contribution in [0.4, 0.5) is 22.0 Å². The van der Waals surface area contributed by atoms with Crippen LogP contribution in [0.2, 0.25) is 0 Å². The van der Waals surface area contributed by atoms with Crippen LogP contribution in [0, 0.1) is 11.6 Å². The van der Waals surface area contributed by atoms with Crippen molar-refractivity contribution in [2.45, 2.75) is 12.2 Å². The Balaban J connectivity index is 2.04. The second kappa shape index (κ2) is 7.22. The number of nitrogens with zero attached hydrogens (tertiary/aromatic N) is 1. The molecule has 1 unspecified atom stereocenters. The fraction of sp³-hybridized carbons (Fsp3) is 0.500. The molecule has 1 aromatic carbocycles. The van der Waals surface area contributed by atoms with E-state index in [2.05, 4.69) is 10.6 Å². The molecule has 0 saturated carbocycles. The molecule has 2 N–H and O–H groups in total. The lowest BCUT2D eigenvalue weighted by atomic mass is 10.1. The van der Waals surface area contributed by atoms with Crippen molar-refractivity contribution < 1.29 is 26.7 Å². The van der Waals surface area contributed by atoms with Crippen LogP contribution in [0.25, 0.3) is 0 Å². The number of carbonyl (C=O) groups excluding carboxylic acids is 1. The molecule has 0 spiro atoms. The van der Waals surface area contributed by atoms with Crippen LogP contribution in [-0.4, -0.2) is 55.7 Å². The summed E-state index contributed by atoms with van der Waals surface area (Å²) in [5.74, 6) is -2.89. The van der Waals surface area contributed by atoms with Gasteiger partial charge in [-0.05, 0) is 12.1 Å². The molecule has 0 radical (unpaired) electrons. The highest BCUT2D eigenvalue weighted by Crippen LogP contribution is 2.24. The van der Waals surface area contributed by atoms with Gasteiger partial charge in [0.05, 0.1) is 0 Å². The normalized spacial score (nSPS) is 17.8. The zero-order valence-corrected chi connectivity index (χ0v) is 12.1. The lowest BCUT2D eigenvalue weighted by Crippen LogP contribution is -2.57. The van der Waals surface area contributed by atoms with Crippen LogP contribution in [-0.2, 0) is 0 Å². The molecule has 1 fully saturated rings. The van der Waals surface area contributed by atoms with Crippen molar-refractivity contribution in [2.24, 2.45) is 0 Å². The number of hydrogen-bond donors (Lipinski definition) is 2. The number of piperazine rings is 1. The van der Waals surface area contributed by atoms with Crippen molar-refractivity contribution in [3.63, 3.8) is 0 Å². The highest BCUT2D eigenvalue weighted by atomic mass is 19.4. The Hall–Kier alpha value is -1.74. The van der Waals surface area contributed by atoms with Crippen LogP contribution in [0.15, 0.2) is 18.2 Å². The Kier molecular flexibility index (Phi) is 5.53. The summed E-state index contributed by atoms with van der Waals surface area (Å²) >= 11 is 0. The Bertz CT molecular complexity index is 538. The van der Waals surface area contributed by atoms with Gasteiger partial charge in [-0.15, -0.1) is 0 Å². The number of hydrogen-bond acceptors (Lipinski definition) is 3. The van der Waals surface area contributed by atoms with Crippen molar-refractivity contribution >= 4 is 5.91 Å². The van der Waals surface area contributed by atoms with Crippen LogP contribution in [0.3, 0.4) is 0 Å². The smallest absolute Gasteiger partial charge is 0.350 e. The lowest BCUT2D eigenvalue weighted by Gasteiger charge is -2.35. The van der Waals surface area contributed by atoms with E-state index in [0.29, 0.717) is 19.2 Å². The predicted molar refractivity (Wildman–Crippen MR) is 73.0 cm³/mol. The number of nitrogens with one attached hydrogen (secondary N) is 2. The van der Waals surface area contributed by atoms with Crippen LogP contribution in [0.1, 0.15) is 10.4 Å². The molecule has 1 atom stereocenters. The monoisotopic (exact) mass is 337 g/mol. The largest absolute Gasteiger partial charge is 0.405 e. The Morgan fingerprint density at radius 1 is 1.17 bits per heavy atom. The molecule has 1 aliphatic rings. The van der Waals surface area contributed by atoms with E-state index in [9.17, 15) is 26.7 Å². The summed E-state index contributed by atoms with van der Waals surface area (Å²) in [6, 6.07) is 0.278. The quantitative estimate of drug-likeness (QED) is 0.819. The van der Waals surface area contributed by atoms with E-state index >= 15 is 0 Å². The standard InChI is InChI=1S/C14H16F5N3O/c15-10-5-9(6-11(16)7-10)13(23)21-8-12(14(17,18)19)22-3-1-20-2-4-22/h5-7,12,20H,1-4,8H2,(H,21,23). The van der Waals surface area contributed by atoms with Crippen molar-refractivity contribution in [3.8, 4) is 0 Å². The number of carbonyl (C=O) groups is 1. The Morgan fingerprint density at radius 3 is 2.26 bits per heavy atom. The number of halogens is 5. The first-order valence-corrected chi connectivity index (χ1v) is 7.03. The molecular weight excluding hydrogens is 321 g/mol. The van der Waals surface area contributed by atoms with E-state index < -0.39 is 36.3 Å². The van der Waals surface area contributed by atoms with Gasteiger partial charge in [0.25, 0.3) is 5.91 Å². The van der Waals surface area contributed by atoms with Gasteiger partial charge in [-0.3, -0.25) is 9.69 Å². The molecule has 0 bridgehead atoms. The first-order valence-electron chi connectivity index (χ1n) is 7.03. The third-order valence-electron chi connectivity index (χ3n) is 3.55. The maximum atomic E-state index is 13.2.